The summed E-state index contributed by atoms with van der Waals surface area (Å²) >= 11 is 11.4. The molecule has 0 radical (unpaired) electrons. The van der Waals surface area contributed by atoms with Gasteiger partial charge in [0.05, 0.1) is 17.1 Å². The van der Waals surface area contributed by atoms with Crippen molar-refractivity contribution in [2.24, 2.45) is 0 Å². The van der Waals surface area contributed by atoms with Crippen LogP contribution in [-0.4, -0.2) is 41.8 Å². The van der Waals surface area contributed by atoms with Gasteiger partial charge in [-0.15, -0.1) is 0 Å². The normalized spacial score (nSPS) is 10.0. The highest BCUT2D eigenvalue weighted by molar-refractivity contribution is 6.41. The first-order valence-corrected chi connectivity index (χ1v) is 6.04. The summed E-state index contributed by atoms with van der Waals surface area (Å²) in [6, 6.07) is 1.42. The molecule has 0 saturated carbocycles. The van der Waals surface area contributed by atoms with Crippen molar-refractivity contribution < 1.29 is 9.59 Å². The number of hydrogen-bond donors (Lipinski definition) is 1. The lowest BCUT2D eigenvalue weighted by Crippen LogP contribution is -2.38. The number of hydrogen-bond acceptors (Lipinski definition) is 3. The molecule has 0 aromatic carbocycles. The fraction of sp³-hybridized carbons (Fsp3) is 0.364. The summed E-state index contributed by atoms with van der Waals surface area (Å²) < 4.78 is 0. The summed E-state index contributed by atoms with van der Waals surface area (Å²) in [7, 11) is 1.53. The second-order valence-electron chi connectivity index (χ2n) is 3.61. The largest absolute Gasteiger partial charge is 0.355 e. The van der Waals surface area contributed by atoms with Crippen molar-refractivity contribution in [3.8, 4) is 0 Å². The van der Waals surface area contributed by atoms with Crippen LogP contribution in [0.1, 0.15) is 17.3 Å². The summed E-state index contributed by atoms with van der Waals surface area (Å²) in [6.07, 6.45) is 1.32. The Morgan fingerprint density at radius 1 is 1.44 bits per heavy atom. The first kappa shape index (κ1) is 14.7. The lowest BCUT2D eigenvalue weighted by molar-refractivity contribution is -0.121. The van der Waals surface area contributed by atoms with E-state index in [0.717, 1.165) is 0 Å². The Kier molecular flexibility index (Phi) is 5.37. The van der Waals surface area contributed by atoms with Crippen LogP contribution in [0.25, 0.3) is 0 Å². The van der Waals surface area contributed by atoms with Gasteiger partial charge in [0.2, 0.25) is 5.91 Å². The van der Waals surface area contributed by atoms with Gasteiger partial charge >= 0.3 is 0 Å². The first-order chi connectivity index (χ1) is 8.45. The van der Waals surface area contributed by atoms with E-state index in [4.69, 9.17) is 23.2 Å². The minimum atomic E-state index is -0.340. The number of carbonyl (C=O) groups is 2. The summed E-state index contributed by atoms with van der Waals surface area (Å²) in [6.45, 7) is 2.31. The van der Waals surface area contributed by atoms with Crippen molar-refractivity contribution in [3.63, 3.8) is 0 Å². The Labute approximate surface area is 115 Å². The van der Waals surface area contributed by atoms with Crippen molar-refractivity contribution in [2.75, 3.05) is 20.1 Å². The third-order valence-electron chi connectivity index (χ3n) is 2.14. The molecule has 0 fully saturated rings. The van der Waals surface area contributed by atoms with Crippen LogP contribution in [-0.2, 0) is 4.79 Å². The third-order valence-corrected chi connectivity index (χ3v) is 2.83. The number of rotatable bonds is 4. The molecule has 5 nitrogen and oxygen atoms in total. The van der Waals surface area contributed by atoms with Gasteiger partial charge in [0.25, 0.3) is 5.91 Å². The zero-order chi connectivity index (χ0) is 13.7. The maximum atomic E-state index is 12.0. The van der Waals surface area contributed by atoms with Gasteiger partial charge in [0, 0.05) is 19.8 Å². The monoisotopic (exact) mass is 289 g/mol. The molecule has 0 spiro atoms. The summed E-state index contributed by atoms with van der Waals surface area (Å²) in [5, 5.41) is 2.95. The van der Waals surface area contributed by atoms with Crippen molar-refractivity contribution in [1.82, 2.24) is 15.2 Å². The standard InChI is InChI=1S/C11H13Cl2N3O2/c1-3-14-9(17)6-16(2)11(18)7-4-8(12)10(13)15-5-7/h4-5H,3,6H2,1-2H3,(H,14,17). The molecule has 0 aliphatic rings. The molecular formula is C11H13Cl2N3O2. The molecule has 98 valence electrons. The van der Waals surface area contributed by atoms with E-state index < -0.39 is 0 Å². The molecule has 0 bridgehead atoms. The van der Waals surface area contributed by atoms with Gasteiger partial charge in [-0.05, 0) is 13.0 Å². The van der Waals surface area contributed by atoms with Crippen LogP contribution in [0, 0.1) is 0 Å². The molecule has 18 heavy (non-hydrogen) atoms. The van der Waals surface area contributed by atoms with Gasteiger partial charge < -0.3 is 10.2 Å². The predicted octanol–water partition coefficient (Wildman–Crippen LogP) is 1.60. The second-order valence-corrected chi connectivity index (χ2v) is 4.38. The first-order valence-electron chi connectivity index (χ1n) is 5.29. The van der Waals surface area contributed by atoms with Gasteiger partial charge in [-0.2, -0.15) is 0 Å². The lowest BCUT2D eigenvalue weighted by Gasteiger charge is -2.16. The molecule has 1 heterocycles. The molecule has 1 rings (SSSR count). The summed E-state index contributed by atoms with van der Waals surface area (Å²) in [5.41, 5.74) is 0.288. The molecule has 0 saturated heterocycles. The van der Waals surface area contributed by atoms with Crippen molar-refractivity contribution in [2.45, 2.75) is 6.92 Å². The van der Waals surface area contributed by atoms with E-state index >= 15 is 0 Å². The fourth-order valence-corrected chi connectivity index (χ4v) is 1.57. The van der Waals surface area contributed by atoms with Gasteiger partial charge in [0.15, 0.2) is 0 Å². The predicted molar refractivity (Wildman–Crippen MR) is 69.9 cm³/mol. The van der Waals surface area contributed by atoms with Crippen LogP contribution in [0.15, 0.2) is 12.3 Å². The molecule has 0 aliphatic carbocycles. The maximum absolute atomic E-state index is 12.0. The topological polar surface area (TPSA) is 62.3 Å². The zero-order valence-electron chi connectivity index (χ0n) is 10.0. The van der Waals surface area contributed by atoms with E-state index in [9.17, 15) is 9.59 Å². The van der Waals surface area contributed by atoms with E-state index in [1.54, 1.807) is 0 Å². The Bertz CT molecular complexity index is 466. The summed E-state index contributed by atoms with van der Waals surface area (Å²) in [5.74, 6) is -0.561. The highest BCUT2D eigenvalue weighted by atomic mass is 35.5. The highest BCUT2D eigenvalue weighted by Gasteiger charge is 2.16. The molecule has 2 amide bonds. The minimum absolute atomic E-state index is 0.0209. The Morgan fingerprint density at radius 3 is 2.67 bits per heavy atom. The number of likely N-dealkylation sites (N-methyl/N-ethyl adjacent to an activating group) is 2. The van der Waals surface area contributed by atoms with E-state index in [-0.39, 0.29) is 34.1 Å². The number of carbonyl (C=O) groups excluding carboxylic acids is 2. The fourth-order valence-electron chi connectivity index (χ4n) is 1.30. The molecule has 7 heteroatoms. The van der Waals surface area contributed by atoms with Crippen LogP contribution in [0.4, 0.5) is 0 Å². The van der Waals surface area contributed by atoms with E-state index in [1.807, 2.05) is 6.92 Å². The van der Waals surface area contributed by atoms with E-state index in [1.165, 1.54) is 24.2 Å². The Hall–Kier alpha value is -1.33. The average Bonchev–Trinajstić information content (AvgIpc) is 2.32. The van der Waals surface area contributed by atoms with Crippen molar-refractivity contribution in [1.29, 1.82) is 0 Å². The van der Waals surface area contributed by atoms with Crippen LogP contribution < -0.4 is 5.32 Å². The van der Waals surface area contributed by atoms with Crippen LogP contribution in [0.2, 0.25) is 10.2 Å². The molecular weight excluding hydrogens is 277 g/mol. The number of nitrogens with one attached hydrogen (secondary N) is 1. The number of nitrogens with zero attached hydrogens (tertiary/aromatic N) is 2. The lowest BCUT2D eigenvalue weighted by atomic mass is 10.2. The number of halogens is 2. The van der Waals surface area contributed by atoms with Crippen LogP contribution in [0.3, 0.4) is 0 Å². The van der Waals surface area contributed by atoms with E-state index in [2.05, 4.69) is 10.3 Å². The second kappa shape index (κ2) is 6.56. The maximum Gasteiger partial charge on any atom is 0.255 e. The van der Waals surface area contributed by atoms with Gasteiger partial charge in [-0.25, -0.2) is 4.98 Å². The van der Waals surface area contributed by atoms with Crippen molar-refractivity contribution in [3.05, 3.63) is 28.0 Å². The van der Waals surface area contributed by atoms with Crippen LogP contribution >= 0.6 is 23.2 Å². The quantitative estimate of drug-likeness (QED) is 0.857. The highest BCUT2D eigenvalue weighted by Crippen LogP contribution is 2.20. The average molecular weight is 290 g/mol. The molecule has 1 N–H and O–H groups in total. The van der Waals surface area contributed by atoms with E-state index in [0.29, 0.717) is 6.54 Å². The Morgan fingerprint density at radius 2 is 2.11 bits per heavy atom. The zero-order valence-corrected chi connectivity index (χ0v) is 11.5. The third kappa shape index (κ3) is 3.85. The molecule has 0 atom stereocenters. The van der Waals surface area contributed by atoms with Crippen molar-refractivity contribution >= 4 is 35.0 Å². The number of amides is 2. The molecule has 1 aromatic rings. The molecule has 0 aliphatic heterocycles. The van der Waals surface area contributed by atoms with Gasteiger partial charge in [0.1, 0.15) is 5.15 Å². The SMILES string of the molecule is CCNC(=O)CN(C)C(=O)c1cnc(Cl)c(Cl)c1. The van der Waals surface area contributed by atoms with Crippen LogP contribution in [0.5, 0.6) is 0 Å². The summed E-state index contributed by atoms with van der Waals surface area (Å²) in [4.78, 5) is 28.4. The number of aromatic nitrogens is 1. The molecule has 1 aromatic heterocycles. The minimum Gasteiger partial charge on any atom is -0.355 e. The van der Waals surface area contributed by atoms with Gasteiger partial charge in [-0.1, -0.05) is 23.2 Å². The number of pyridine rings is 1. The Balaban J connectivity index is 2.74. The molecule has 0 unspecified atom stereocenters. The van der Waals surface area contributed by atoms with Gasteiger partial charge in [-0.3, -0.25) is 9.59 Å². The smallest absolute Gasteiger partial charge is 0.255 e.